The molecule has 7 rings (SSSR count). The standard InChI is InChI=1S/C30H21N7O/c1-2-4-19(5-3-1)18-38-22-14-21(16-32-17-22)24-6-7-26-29(35-24)30(37-36-26)27-15-23-25(34-27)10-13-33-28(23)20-8-11-31-12-9-20/h1-17,34H,18H2,(H,36,37). The number of ether oxygens (including phenoxy) is 1. The Hall–Kier alpha value is -5.37. The zero-order valence-electron chi connectivity index (χ0n) is 20.2. The van der Waals surface area contributed by atoms with Crippen LogP contribution in [0.3, 0.4) is 0 Å². The lowest BCUT2D eigenvalue weighted by Crippen LogP contribution is -1.96. The minimum atomic E-state index is 0.473. The van der Waals surface area contributed by atoms with E-state index in [1.807, 2.05) is 66.7 Å². The Bertz CT molecular complexity index is 1880. The van der Waals surface area contributed by atoms with Gasteiger partial charge in [-0.1, -0.05) is 30.3 Å². The van der Waals surface area contributed by atoms with E-state index in [1.54, 1.807) is 31.0 Å². The van der Waals surface area contributed by atoms with Crippen molar-refractivity contribution in [3.63, 3.8) is 0 Å². The fourth-order valence-corrected chi connectivity index (χ4v) is 4.55. The highest BCUT2D eigenvalue weighted by Gasteiger charge is 2.16. The van der Waals surface area contributed by atoms with Crippen LogP contribution >= 0.6 is 0 Å². The average Bonchev–Trinajstić information content (AvgIpc) is 3.61. The molecule has 0 aliphatic carbocycles. The molecule has 0 saturated carbocycles. The summed E-state index contributed by atoms with van der Waals surface area (Å²) in [6, 6.07) is 23.9. The zero-order valence-corrected chi connectivity index (χ0v) is 20.2. The van der Waals surface area contributed by atoms with Crippen molar-refractivity contribution in [2.45, 2.75) is 6.61 Å². The summed E-state index contributed by atoms with van der Waals surface area (Å²) in [5.41, 5.74) is 8.83. The molecule has 7 aromatic rings. The lowest BCUT2D eigenvalue weighted by molar-refractivity contribution is 0.305. The van der Waals surface area contributed by atoms with Crippen LogP contribution in [-0.4, -0.2) is 35.1 Å². The Balaban J connectivity index is 1.24. The van der Waals surface area contributed by atoms with Crippen LogP contribution in [0.5, 0.6) is 5.75 Å². The summed E-state index contributed by atoms with van der Waals surface area (Å²) in [6.07, 6.45) is 8.85. The molecule has 6 aromatic heterocycles. The summed E-state index contributed by atoms with van der Waals surface area (Å²) in [7, 11) is 0. The van der Waals surface area contributed by atoms with E-state index in [-0.39, 0.29) is 0 Å². The monoisotopic (exact) mass is 495 g/mol. The van der Waals surface area contributed by atoms with Gasteiger partial charge in [0, 0.05) is 46.8 Å². The maximum Gasteiger partial charge on any atom is 0.138 e. The van der Waals surface area contributed by atoms with E-state index < -0.39 is 0 Å². The molecule has 0 radical (unpaired) electrons. The van der Waals surface area contributed by atoms with Crippen LogP contribution in [0.2, 0.25) is 0 Å². The third kappa shape index (κ3) is 4.04. The molecule has 0 unspecified atom stereocenters. The van der Waals surface area contributed by atoms with Crippen molar-refractivity contribution in [2.75, 3.05) is 0 Å². The molecule has 8 nitrogen and oxygen atoms in total. The first-order chi connectivity index (χ1) is 18.8. The van der Waals surface area contributed by atoms with Gasteiger partial charge in [0.15, 0.2) is 0 Å². The molecule has 1 aromatic carbocycles. The van der Waals surface area contributed by atoms with Gasteiger partial charge in [0.25, 0.3) is 0 Å². The van der Waals surface area contributed by atoms with Gasteiger partial charge in [-0.15, -0.1) is 0 Å². The van der Waals surface area contributed by atoms with E-state index >= 15 is 0 Å². The predicted octanol–water partition coefficient (Wildman–Crippen LogP) is 6.20. The fraction of sp³-hybridized carbons (Fsp3) is 0.0333. The Morgan fingerprint density at radius 2 is 1.63 bits per heavy atom. The third-order valence-corrected chi connectivity index (χ3v) is 6.42. The Kier molecular flexibility index (Phi) is 5.33. The van der Waals surface area contributed by atoms with E-state index in [9.17, 15) is 0 Å². The topological polar surface area (TPSA) is 105 Å². The van der Waals surface area contributed by atoms with E-state index in [0.717, 1.165) is 61.4 Å². The molecular formula is C30H21N7O. The second-order valence-corrected chi connectivity index (χ2v) is 8.89. The zero-order chi connectivity index (χ0) is 25.3. The Morgan fingerprint density at radius 3 is 2.53 bits per heavy atom. The molecule has 0 bridgehead atoms. The van der Waals surface area contributed by atoms with E-state index in [2.05, 4.69) is 36.2 Å². The SMILES string of the molecule is c1ccc(COc2cncc(-c3ccc4[nH]nc(-c5cc6c(-c7ccncc7)nccc6[nH]5)c4n3)c2)cc1. The molecule has 0 spiro atoms. The van der Waals surface area contributed by atoms with Gasteiger partial charge in [-0.05, 0) is 48.0 Å². The van der Waals surface area contributed by atoms with Crippen LogP contribution in [0, 0.1) is 0 Å². The molecule has 0 aliphatic heterocycles. The number of pyridine rings is 4. The molecule has 0 fully saturated rings. The van der Waals surface area contributed by atoms with Gasteiger partial charge in [-0.3, -0.25) is 20.1 Å². The van der Waals surface area contributed by atoms with Gasteiger partial charge in [-0.25, -0.2) is 4.98 Å². The summed E-state index contributed by atoms with van der Waals surface area (Å²) in [4.78, 5) is 21.6. The first-order valence-corrected chi connectivity index (χ1v) is 12.2. The number of nitrogens with one attached hydrogen (secondary N) is 2. The first kappa shape index (κ1) is 21.9. The summed E-state index contributed by atoms with van der Waals surface area (Å²) < 4.78 is 5.98. The second-order valence-electron chi connectivity index (χ2n) is 8.89. The summed E-state index contributed by atoms with van der Waals surface area (Å²) >= 11 is 0. The fourth-order valence-electron chi connectivity index (χ4n) is 4.55. The molecule has 0 atom stereocenters. The Morgan fingerprint density at radius 1 is 0.737 bits per heavy atom. The number of hydrogen-bond acceptors (Lipinski definition) is 6. The summed E-state index contributed by atoms with van der Waals surface area (Å²) in [6.45, 7) is 0.473. The van der Waals surface area contributed by atoms with Crippen LogP contribution < -0.4 is 4.74 Å². The highest BCUT2D eigenvalue weighted by atomic mass is 16.5. The normalized spacial score (nSPS) is 11.3. The summed E-state index contributed by atoms with van der Waals surface area (Å²) in [5.74, 6) is 0.687. The number of benzene rings is 1. The van der Waals surface area contributed by atoms with Crippen molar-refractivity contribution in [1.82, 2.24) is 35.1 Å². The minimum absolute atomic E-state index is 0.473. The first-order valence-electron chi connectivity index (χ1n) is 12.2. The highest BCUT2D eigenvalue weighted by molar-refractivity contribution is 5.99. The molecule has 6 heterocycles. The highest BCUT2D eigenvalue weighted by Crippen LogP contribution is 2.33. The van der Waals surface area contributed by atoms with Gasteiger partial charge >= 0.3 is 0 Å². The van der Waals surface area contributed by atoms with Crippen LogP contribution in [0.25, 0.3) is 55.8 Å². The number of aromatic amines is 2. The molecule has 2 N–H and O–H groups in total. The lowest BCUT2D eigenvalue weighted by Gasteiger charge is -2.08. The maximum atomic E-state index is 5.98. The van der Waals surface area contributed by atoms with Gasteiger partial charge in [0.1, 0.15) is 23.6 Å². The summed E-state index contributed by atoms with van der Waals surface area (Å²) in [5, 5.41) is 8.71. The van der Waals surface area contributed by atoms with E-state index in [0.29, 0.717) is 12.4 Å². The van der Waals surface area contributed by atoms with Crippen LogP contribution in [-0.2, 0) is 6.61 Å². The molecule has 38 heavy (non-hydrogen) atoms. The lowest BCUT2D eigenvalue weighted by atomic mass is 10.1. The van der Waals surface area contributed by atoms with Gasteiger partial charge in [0.2, 0.25) is 0 Å². The van der Waals surface area contributed by atoms with Crippen molar-refractivity contribution in [3.8, 4) is 39.7 Å². The van der Waals surface area contributed by atoms with Gasteiger partial charge < -0.3 is 9.72 Å². The third-order valence-electron chi connectivity index (χ3n) is 6.42. The largest absolute Gasteiger partial charge is 0.487 e. The van der Waals surface area contributed by atoms with Crippen molar-refractivity contribution >= 4 is 21.9 Å². The number of H-pyrrole nitrogens is 2. The molecule has 8 heteroatoms. The van der Waals surface area contributed by atoms with Crippen molar-refractivity contribution in [3.05, 3.63) is 109 Å². The second kappa shape index (κ2) is 9.25. The number of nitrogens with zero attached hydrogens (tertiary/aromatic N) is 5. The minimum Gasteiger partial charge on any atom is -0.487 e. The molecule has 0 aliphatic rings. The number of rotatable bonds is 6. The van der Waals surface area contributed by atoms with Crippen molar-refractivity contribution in [1.29, 1.82) is 0 Å². The van der Waals surface area contributed by atoms with Crippen LogP contribution in [0.4, 0.5) is 0 Å². The maximum absolute atomic E-state index is 5.98. The average molecular weight is 496 g/mol. The van der Waals surface area contributed by atoms with E-state index in [1.165, 1.54) is 0 Å². The Labute approximate surface area is 217 Å². The number of fused-ring (bicyclic) bond motifs is 2. The van der Waals surface area contributed by atoms with Crippen LogP contribution in [0.15, 0.2) is 104 Å². The van der Waals surface area contributed by atoms with Gasteiger partial charge in [-0.2, -0.15) is 5.10 Å². The molecule has 0 saturated heterocycles. The number of aromatic nitrogens is 7. The molecular weight excluding hydrogens is 474 g/mol. The molecule has 182 valence electrons. The predicted molar refractivity (Wildman–Crippen MR) is 146 cm³/mol. The quantitative estimate of drug-likeness (QED) is 0.284. The van der Waals surface area contributed by atoms with Gasteiger partial charge in [0.05, 0.1) is 28.8 Å². The van der Waals surface area contributed by atoms with E-state index in [4.69, 9.17) is 9.72 Å². The smallest absolute Gasteiger partial charge is 0.138 e. The molecule has 0 amide bonds. The van der Waals surface area contributed by atoms with Crippen molar-refractivity contribution in [2.24, 2.45) is 0 Å². The van der Waals surface area contributed by atoms with Crippen molar-refractivity contribution < 1.29 is 4.74 Å². The number of hydrogen-bond donors (Lipinski definition) is 2. The van der Waals surface area contributed by atoms with Crippen LogP contribution in [0.1, 0.15) is 5.56 Å².